The molecule has 0 bridgehead atoms. The highest BCUT2D eigenvalue weighted by Gasteiger charge is 2.10. The summed E-state index contributed by atoms with van der Waals surface area (Å²) in [6, 6.07) is 15.8. The molecule has 0 atom stereocenters. The zero-order valence-corrected chi connectivity index (χ0v) is 15.3. The standard InChI is InChI=1S/C20H20N2O2S/c1-13-8-9-18(24-3)17(10-13)21-19(23)12-25-20-11-14(2)15-6-4-5-7-16(15)22-20/h4-11H,12H2,1-3H3,(H,21,23). The van der Waals surface area contributed by atoms with E-state index in [1.54, 1.807) is 7.11 Å². The number of anilines is 1. The number of fused-ring (bicyclic) bond motifs is 1. The molecule has 0 radical (unpaired) electrons. The number of nitrogens with one attached hydrogen (secondary N) is 1. The third kappa shape index (κ3) is 4.12. The Labute approximate surface area is 151 Å². The van der Waals surface area contributed by atoms with Crippen molar-refractivity contribution in [3.63, 3.8) is 0 Å². The van der Waals surface area contributed by atoms with Gasteiger partial charge < -0.3 is 10.1 Å². The van der Waals surface area contributed by atoms with Gasteiger partial charge in [0.25, 0.3) is 0 Å². The molecule has 1 N–H and O–H groups in total. The van der Waals surface area contributed by atoms with Gasteiger partial charge in [0.1, 0.15) is 5.75 Å². The number of nitrogens with zero attached hydrogens (tertiary/aromatic N) is 1. The van der Waals surface area contributed by atoms with Crippen LogP contribution in [0.5, 0.6) is 5.75 Å². The Kier molecular flexibility index (Phi) is 5.24. The Morgan fingerprint density at radius 1 is 1.16 bits per heavy atom. The minimum absolute atomic E-state index is 0.0819. The van der Waals surface area contributed by atoms with Crippen LogP contribution < -0.4 is 10.1 Å². The highest BCUT2D eigenvalue weighted by atomic mass is 32.2. The Bertz CT molecular complexity index is 925. The van der Waals surface area contributed by atoms with Gasteiger partial charge >= 0.3 is 0 Å². The lowest BCUT2D eigenvalue weighted by Gasteiger charge is -2.11. The number of amides is 1. The second-order valence-electron chi connectivity index (χ2n) is 5.84. The fourth-order valence-corrected chi connectivity index (χ4v) is 3.41. The molecule has 1 heterocycles. The molecule has 0 aliphatic heterocycles. The first-order valence-corrected chi connectivity index (χ1v) is 8.99. The van der Waals surface area contributed by atoms with Gasteiger partial charge in [-0.25, -0.2) is 4.98 Å². The molecular weight excluding hydrogens is 332 g/mol. The van der Waals surface area contributed by atoms with Crippen molar-refractivity contribution in [2.24, 2.45) is 0 Å². The zero-order valence-electron chi connectivity index (χ0n) is 14.5. The van der Waals surface area contributed by atoms with Crippen LogP contribution in [0.4, 0.5) is 5.69 Å². The normalized spacial score (nSPS) is 10.7. The number of ether oxygens (including phenoxy) is 1. The van der Waals surface area contributed by atoms with Crippen molar-refractivity contribution in [1.29, 1.82) is 0 Å². The van der Waals surface area contributed by atoms with E-state index in [4.69, 9.17) is 4.74 Å². The van der Waals surface area contributed by atoms with Crippen LogP contribution in [0.1, 0.15) is 11.1 Å². The minimum Gasteiger partial charge on any atom is -0.495 e. The molecule has 0 unspecified atom stereocenters. The van der Waals surface area contributed by atoms with Gasteiger partial charge in [-0.3, -0.25) is 4.79 Å². The van der Waals surface area contributed by atoms with E-state index < -0.39 is 0 Å². The summed E-state index contributed by atoms with van der Waals surface area (Å²) in [4.78, 5) is 16.9. The number of para-hydroxylation sites is 1. The summed E-state index contributed by atoms with van der Waals surface area (Å²) in [6.07, 6.45) is 0. The third-order valence-electron chi connectivity index (χ3n) is 3.88. The van der Waals surface area contributed by atoms with E-state index in [2.05, 4.69) is 23.3 Å². The maximum absolute atomic E-state index is 12.3. The van der Waals surface area contributed by atoms with Gasteiger partial charge in [0, 0.05) is 5.39 Å². The number of aromatic nitrogens is 1. The van der Waals surface area contributed by atoms with E-state index in [9.17, 15) is 4.79 Å². The smallest absolute Gasteiger partial charge is 0.234 e. The number of carbonyl (C=O) groups excluding carboxylic acids is 1. The highest BCUT2D eigenvalue weighted by molar-refractivity contribution is 7.99. The van der Waals surface area contributed by atoms with Crippen LogP contribution in [0.3, 0.4) is 0 Å². The molecule has 1 aromatic heterocycles. The van der Waals surface area contributed by atoms with Crippen LogP contribution in [-0.2, 0) is 4.79 Å². The molecule has 2 aromatic carbocycles. The lowest BCUT2D eigenvalue weighted by atomic mass is 10.1. The Hall–Kier alpha value is -2.53. The summed E-state index contributed by atoms with van der Waals surface area (Å²) in [5.74, 6) is 0.868. The van der Waals surface area contributed by atoms with E-state index in [1.165, 1.54) is 11.8 Å². The van der Waals surface area contributed by atoms with E-state index >= 15 is 0 Å². The van der Waals surface area contributed by atoms with Gasteiger partial charge in [0.2, 0.25) is 5.91 Å². The van der Waals surface area contributed by atoms with Gasteiger partial charge in [-0.2, -0.15) is 0 Å². The second-order valence-corrected chi connectivity index (χ2v) is 6.83. The fraction of sp³-hybridized carbons (Fsp3) is 0.200. The number of rotatable bonds is 5. The number of methoxy groups -OCH3 is 1. The van der Waals surface area contributed by atoms with Crippen molar-refractivity contribution in [1.82, 2.24) is 4.98 Å². The maximum atomic E-state index is 12.3. The van der Waals surface area contributed by atoms with E-state index in [1.807, 2.05) is 49.4 Å². The van der Waals surface area contributed by atoms with Gasteiger partial charge in [-0.15, -0.1) is 0 Å². The monoisotopic (exact) mass is 352 g/mol. The summed E-state index contributed by atoms with van der Waals surface area (Å²) in [7, 11) is 1.59. The average Bonchev–Trinajstić information content (AvgIpc) is 2.60. The zero-order chi connectivity index (χ0) is 17.8. The summed E-state index contributed by atoms with van der Waals surface area (Å²) in [6.45, 7) is 4.04. The van der Waals surface area contributed by atoms with Crippen LogP contribution in [0, 0.1) is 13.8 Å². The van der Waals surface area contributed by atoms with Crippen molar-refractivity contribution >= 4 is 34.3 Å². The number of carbonyl (C=O) groups is 1. The van der Waals surface area contributed by atoms with Crippen molar-refractivity contribution in [2.45, 2.75) is 18.9 Å². The molecule has 128 valence electrons. The topological polar surface area (TPSA) is 51.2 Å². The Balaban J connectivity index is 1.70. The lowest BCUT2D eigenvalue weighted by molar-refractivity contribution is -0.113. The van der Waals surface area contributed by atoms with Crippen molar-refractivity contribution in [2.75, 3.05) is 18.2 Å². The molecule has 0 fully saturated rings. The molecule has 5 heteroatoms. The molecule has 3 aromatic rings. The number of hydrogen-bond acceptors (Lipinski definition) is 4. The van der Waals surface area contributed by atoms with Crippen LogP contribution in [0.15, 0.2) is 53.6 Å². The van der Waals surface area contributed by atoms with E-state index in [-0.39, 0.29) is 5.91 Å². The first kappa shape index (κ1) is 17.3. The van der Waals surface area contributed by atoms with Gasteiger partial charge in [-0.1, -0.05) is 36.0 Å². The molecule has 25 heavy (non-hydrogen) atoms. The van der Waals surface area contributed by atoms with Gasteiger partial charge in [-0.05, 0) is 49.2 Å². The number of benzene rings is 2. The molecule has 0 spiro atoms. The summed E-state index contributed by atoms with van der Waals surface area (Å²) < 4.78 is 5.29. The maximum Gasteiger partial charge on any atom is 0.234 e. The number of pyridine rings is 1. The Morgan fingerprint density at radius 3 is 2.76 bits per heavy atom. The largest absolute Gasteiger partial charge is 0.495 e. The second kappa shape index (κ2) is 7.57. The molecule has 1 amide bonds. The average molecular weight is 352 g/mol. The van der Waals surface area contributed by atoms with Gasteiger partial charge in [0.15, 0.2) is 0 Å². The summed E-state index contributed by atoms with van der Waals surface area (Å²) >= 11 is 1.43. The molecule has 0 aliphatic carbocycles. The van der Waals surface area contributed by atoms with Crippen LogP contribution in [0.2, 0.25) is 0 Å². The molecule has 0 aliphatic rings. The first-order chi connectivity index (χ1) is 12.1. The first-order valence-electron chi connectivity index (χ1n) is 8.00. The van der Waals surface area contributed by atoms with Crippen molar-refractivity contribution in [3.8, 4) is 5.75 Å². The Morgan fingerprint density at radius 2 is 1.96 bits per heavy atom. The molecule has 0 saturated heterocycles. The minimum atomic E-state index is -0.0819. The third-order valence-corrected chi connectivity index (χ3v) is 4.79. The summed E-state index contributed by atoms with van der Waals surface area (Å²) in [5.41, 5.74) is 3.87. The van der Waals surface area contributed by atoms with Crippen LogP contribution in [0.25, 0.3) is 10.9 Å². The molecular formula is C20H20N2O2S. The molecule has 4 nitrogen and oxygen atoms in total. The van der Waals surface area contributed by atoms with Crippen molar-refractivity contribution < 1.29 is 9.53 Å². The van der Waals surface area contributed by atoms with Crippen LogP contribution in [-0.4, -0.2) is 23.8 Å². The highest BCUT2D eigenvalue weighted by Crippen LogP contribution is 2.27. The van der Waals surface area contributed by atoms with Crippen LogP contribution >= 0.6 is 11.8 Å². The number of hydrogen-bond donors (Lipinski definition) is 1. The fourth-order valence-electron chi connectivity index (χ4n) is 2.64. The molecule has 0 saturated carbocycles. The summed E-state index contributed by atoms with van der Waals surface area (Å²) in [5, 5.41) is 4.90. The quantitative estimate of drug-likeness (QED) is 0.682. The SMILES string of the molecule is COc1ccc(C)cc1NC(=O)CSc1cc(C)c2ccccc2n1. The van der Waals surface area contributed by atoms with E-state index in [0.717, 1.165) is 27.1 Å². The molecule has 3 rings (SSSR count). The number of thioether (sulfide) groups is 1. The van der Waals surface area contributed by atoms with Crippen molar-refractivity contribution in [3.05, 3.63) is 59.7 Å². The van der Waals surface area contributed by atoms with E-state index in [0.29, 0.717) is 17.2 Å². The predicted octanol–water partition coefficient (Wildman–Crippen LogP) is 4.59. The number of aryl methyl sites for hydroxylation is 2. The predicted molar refractivity (Wildman–Crippen MR) is 104 cm³/mol. The van der Waals surface area contributed by atoms with Gasteiger partial charge in [0.05, 0.1) is 29.1 Å². The lowest BCUT2D eigenvalue weighted by Crippen LogP contribution is -2.15.